The van der Waals surface area contributed by atoms with E-state index in [9.17, 15) is 4.79 Å². The predicted molar refractivity (Wildman–Crippen MR) is 99.3 cm³/mol. The number of aromatic nitrogens is 3. The van der Waals surface area contributed by atoms with Crippen LogP contribution in [0.15, 0.2) is 37.1 Å². The molecule has 2 aromatic heterocycles. The number of piperazine rings is 1. The highest BCUT2D eigenvalue weighted by atomic mass is 35.5. The SMILES string of the molecule is Cl.Cl.O=C(CCn1ccnc1)Nc1ccc(N2CCNCC2)cn1. The Labute approximate surface area is 153 Å². The van der Waals surface area contributed by atoms with Gasteiger partial charge in [0.15, 0.2) is 0 Å². The fourth-order valence-electron chi connectivity index (χ4n) is 2.43. The summed E-state index contributed by atoms with van der Waals surface area (Å²) in [6, 6.07) is 3.86. The Bertz CT molecular complexity index is 599. The largest absolute Gasteiger partial charge is 0.368 e. The lowest BCUT2D eigenvalue weighted by Crippen LogP contribution is -2.43. The van der Waals surface area contributed by atoms with Crippen LogP contribution in [0.3, 0.4) is 0 Å². The second-order valence-electron chi connectivity index (χ2n) is 5.24. The van der Waals surface area contributed by atoms with Gasteiger partial charge in [-0.25, -0.2) is 9.97 Å². The van der Waals surface area contributed by atoms with E-state index in [0.717, 1.165) is 31.9 Å². The summed E-state index contributed by atoms with van der Waals surface area (Å²) in [6.07, 6.45) is 7.46. The van der Waals surface area contributed by atoms with Gasteiger partial charge in [0.25, 0.3) is 0 Å². The smallest absolute Gasteiger partial charge is 0.227 e. The third kappa shape index (κ3) is 5.67. The van der Waals surface area contributed by atoms with Crippen molar-refractivity contribution in [2.24, 2.45) is 0 Å². The molecule has 9 heteroatoms. The fraction of sp³-hybridized carbons (Fsp3) is 0.400. The van der Waals surface area contributed by atoms with Gasteiger partial charge in [-0.3, -0.25) is 4.79 Å². The molecule has 1 aliphatic rings. The summed E-state index contributed by atoms with van der Waals surface area (Å²) < 4.78 is 1.88. The molecule has 1 aliphatic heterocycles. The third-order valence-corrected chi connectivity index (χ3v) is 3.65. The van der Waals surface area contributed by atoms with E-state index in [0.29, 0.717) is 18.8 Å². The molecule has 0 bridgehead atoms. The molecule has 132 valence electrons. The van der Waals surface area contributed by atoms with E-state index in [1.165, 1.54) is 0 Å². The number of anilines is 2. The van der Waals surface area contributed by atoms with Crippen molar-refractivity contribution in [3.8, 4) is 0 Å². The van der Waals surface area contributed by atoms with Crippen molar-refractivity contribution in [2.75, 3.05) is 36.4 Å². The first-order valence-corrected chi connectivity index (χ1v) is 7.48. The lowest BCUT2D eigenvalue weighted by Gasteiger charge is -2.29. The van der Waals surface area contributed by atoms with Gasteiger partial charge in [0.2, 0.25) is 5.91 Å². The lowest BCUT2D eigenvalue weighted by molar-refractivity contribution is -0.116. The van der Waals surface area contributed by atoms with Crippen LogP contribution in [0.25, 0.3) is 0 Å². The van der Waals surface area contributed by atoms with Crippen molar-refractivity contribution < 1.29 is 4.79 Å². The first-order chi connectivity index (χ1) is 10.8. The van der Waals surface area contributed by atoms with Crippen molar-refractivity contribution in [3.05, 3.63) is 37.1 Å². The topological polar surface area (TPSA) is 75.1 Å². The number of imidazole rings is 1. The molecule has 1 fully saturated rings. The first-order valence-electron chi connectivity index (χ1n) is 7.48. The van der Waals surface area contributed by atoms with Crippen LogP contribution in [-0.2, 0) is 11.3 Å². The van der Waals surface area contributed by atoms with E-state index in [-0.39, 0.29) is 30.7 Å². The number of hydrogen-bond acceptors (Lipinski definition) is 5. The third-order valence-electron chi connectivity index (χ3n) is 3.65. The quantitative estimate of drug-likeness (QED) is 0.832. The minimum atomic E-state index is -0.0453. The molecule has 2 N–H and O–H groups in total. The van der Waals surface area contributed by atoms with Gasteiger partial charge in [-0.05, 0) is 12.1 Å². The Morgan fingerprint density at radius 3 is 2.67 bits per heavy atom. The van der Waals surface area contributed by atoms with Gasteiger partial charge in [-0.2, -0.15) is 0 Å². The van der Waals surface area contributed by atoms with Gasteiger partial charge in [-0.1, -0.05) is 0 Å². The molecule has 0 aromatic carbocycles. The molecular formula is C15H22Cl2N6O. The van der Waals surface area contributed by atoms with Gasteiger partial charge in [0.05, 0.1) is 18.2 Å². The number of nitrogens with zero attached hydrogens (tertiary/aromatic N) is 4. The number of hydrogen-bond donors (Lipinski definition) is 2. The molecule has 1 saturated heterocycles. The minimum Gasteiger partial charge on any atom is -0.368 e. The number of aryl methyl sites for hydroxylation is 1. The summed E-state index contributed by atoms with van der Waals surface area (Å²) in [6.45, 7) is 4.57. The molecule has 3 heterocycles. The van der Waals surface area contributed by atoms with E-state index in [1.807, 2.05) is 29.1 Å². The molecule has 0 spiro atoms. The first kappa shape index (κ1) is 20.2. The standard InChI is InChI=1S/C15H20N6O.2ClH/c22-15(3-7-20-8-4-17-12-20)19-14-2-1-13(11-18-14)21-9-5-16-6-10-21;;/h1-2,4,8,11-12,16H,3,5-7,9-10H2,(H,18,19,22);2*1H. The molecular weight excluding hydrogens is 351 g/mol. The molecule has 2 aromatic rings. The molecule has 0 aliphatic carbocycles. The second kappa shape index (κ2) is 10.1. The molecule has 0 saturated carbocycles. The maximum atomic E-state index is 11.9. The number of carbonyl (C=O) groups is 1. The maximum absolute atomic E-state index is 11.9. The van der Waals surface area contributed by atoms with Gasteiger partial charge in [0.1, 0.15) is 5.82 Å². The summed E-state index contributed by atoms with van der Waals surface area (Å²) in [5, 5.41) is 6.14. The van der Waals surface area contributed by atoms with E-state index in [2.05, 4.69) is 25.5 Å². The fourth-order valence-corrected chi connectivity index (χ4v) is 2.43. The van der Waals surface area contributed by atoms with Crippen LogP contribution in [0.4, 0.5) is 11.5 Å². The Morgan fingerprint density at radius 1 is 1.25 bits per heavy atom. The van der Waals surface area contributed by atoms with Crippen LogP contribution < -0.4 is 15.5 Å². The van der Waals surface area contributed by atoms with Gasteiger partial charge < -0.3 is 20.1 Å². The molecule has 3 rings (SSSR count). The van der Waals surface area contributed by atoms with Gasteiger partial charge in [-0.15, -0.1) is 24.8 Å². The summed E-state index contributed by atoms with van der Waals surface area (Å²) in [5.41, 5.74) is 1.10. The number of amides is 1. The van der Waals surface area contributed by atoms with Crippen LogP contribution in [-0.4, -0.2) is 46.6 Å². The summed E-state index contributed by atoms with van der Waals surface area (Å²) in [7, 11) is 0. The molecule has 1 amide bonds. The Morgan fingerprint density at radius 2 is 2.04 bits per heavy atom. The summed E-state index contributed by atoms with van der Waals surface area (Å²) >= 11 is 0. The number of pyridine rings is 1. The Hall–Kier alpha value is -1.83. The normalized spacial score (nSPS) is 13.6. The van der Waals surface area contributed by atoms with Crippen molar-refractivity contribution in [1.82, 2.24) is 19.9 Å². The molecule has 7 nitrogen and oxygen atoms in total. The number of rotatable bonds is 5. The van der Waals surface area contributed by atoms with E-state index >= 15 is 0 Å². The van der Waals surface area contributed by atoms with Crippen molar-refractivity contribution in [3.63, 3.8) is 0 Å². The van der Waals surface area contributed by atoms with E-state index < -0.39 is 0 Å². The van der Waals surface area contributed by atoms with Crippen LogP contribution >= 0.6 is 24.8 Å². The van der Waals surface area contributed by atoms with Crippen LogP contribution in [0.1, 0.15) is 6.42 Å². The average Bonchev–Trinajstić information content (AvgIpc) is 3.08. The Balaban J connectivity index is 0.00000144. The highest BCUT2D eigenvalue weighted by Crippen LogP contribution is 2.15. The van der Waals surface area contributed by atoms with Gasteiger partial charge in [0, 0.05) is 51.5 Å². The maximum Gasteiger partial charge on any atom is 0.227 e. The monoisotopic (exact) mass is 372 g/mol. The predicted octanol–water partition coefficient (Wildman–Crippen LogP) is 1.56. The Kier molecular flexibility index (Phi) is 8.53. The zero-order valence-corrected chi connectivity index (χ0v) is 14.9. The lowest BCUT2D eigenvalue weighted by atomic mass is 10.3. The molecule has 0 radical (unpaired) electrons. The molecule has 24 heavy (non-hydrogen) atoms. The minimum absolute atomic E-state index is 0. The van der Waals surface area contributed by atoms with E-state index in [1.54, 1.807) is 12.5 Å². The molecule has 0 atom stereocenters. The van der Waals surface area contributed by atoms with Crippen molar-refractivity contribution in [2.45, 2.75) is 13.0 Å². The molecule has 0 unspecified atom stereocenters. The average molecular weight is 373 g/mol. The van der Waals surface area contributed by atoms with Crippen LogP contribution in [0, 0.1) is 0 Å². The zero-order chi connectivity index (χ0) is 15.2. The summed E-state index contributed by atoms with van der Waals surface area (Å²) in [4.78, 5) is 22.5. The van der Waals surface area contributed by atoms with Crippen molar-refractivity contribution >= 4 is 42.2 Å². The summed E-state index contributed by atoms with van der Waals surface area (Å²) in [5.74, 6) is 0.547. The highest BCUT2D eigenvalue weighted by Gasteiger charge is 2.11. The van der Waals surface area contributed by atoms with E-state index in [4.69, 9.17) is 0 Å². The number of nitrogens with one attached hydrogen (secondary N) is 2. The highest BCUT2D eigenvalue weighted by molar-refractivity contribution is 5.89. The second-order valence-corrected chi connectivity index (χ2v) is 5.24. The number of carbonyl (C=O) groups excluding carboxylic acids is 1. The van der Waals surface area contributed by atoms with Crippen molar-refractivity contribution in [1.29, 1.82) is 0 Å². The van der Waals surface area contributed by atoms with Crippen LogP contribution in [0.5, 0.6) is 0 Å². The number of halogens is 2. The zero-order valence-electron chi connectivity index (χ0n) is 13.2. The van der Waals surface area contributed by atoms with Gasteiger partial charge >= 0.3 is 0 Å². The van der Waals surface area contributed by atoms with Crippen LogP contribution in [0.2, 0.25) is 0 Å².